The Bertz CT molecular complexity index is 2700. The number of ether oxygens (including phenoxy) is 4. The van der Waals surface area contributed by atoms with Crippen LogP contribution in [0.3, 0.4) is 0 Å². The number of hydrogen-bond donors (Lipinski definition) is 0. The zero-order chi connectivity index (χ0) is 70.5. The summed E-state index contributed by atoms with van der Waals surface area (Å²) in [6.07, 6.45) is 20.1. The molecule has 96 heavy (non-hydrogen) atoms. The lowest BCUT2D eigenvalue weighted by Gasteiger charge is -2.53. The van der Waals surface area contributed by atoms with Crippen LogP contribution < -0.4 is 0 Å². The van der Waals surface area contributed by atoms with Crippen molar-refractivity contribution in [2.75, 3.05) is 80.0 Å². The van der Waals surface area contributed by atoms with Crippen molar-refractivity contribution < 1.29 is 52.5 Å². The zero-order valence-corrected chi connectivity index (χ0v) is 62.1. The Morgan fingerprint density at radius 3 is 1.10 bits per heavy atom. The van der Waals surface area contributed by atoms with E-state index in [0.717, 1.165) is 155 Å². The molecule has 7 aliphatic rings. The molecule has 19 nitrogen and oxygen atoms in total. The topological polar surface area (TPSA) is 192 Å². The molecule has 3 aliphatic carbocycles. The van der Waals surface area contributed by atoms with Gasteiger partial charge in [-0.2, -0.15) is 0 Å². The maximum Gasteiger partial charge on any atom is 0.410 e. The van der Waals surface area contributed by atoms with Gasteiger partial charge in [0, 0.05) is 128 Å². The van der Waals surface area contributed by atoms with Gasteiger partial charge in [-0.1, -0.05) is 30.3 Å². The van der Waals surface area contributed by atoms with E-state index in [9.17, 15) is 33.6 Å². The monoisotopic (exact) mass is 1340 g/mol. The molecule has 1 aromatic carbocycles. The van der Waals surface area contributed by atoms with Crippen molar-refractivity contribution in [3.8, 4) is 0 Å². The molecule has 2 aromatic rings. The van der Waals surface area contributed by atoms with Gasteiger partial charge in [0.15, 0.2) is 0 Å². The van der Waals surface area contributed by atoms with Gasteiger partial charge in [0.2, 0.25) is 17.7 Å². The van der Waals surface area contributed by atoms with E-state index in [4.69, 9.17) is 18.9 Å². The second-order valence-electron chi connectivity index (χ2n) is 33.8. The molecule has 9 rings (SSSR count). The third-order valence-electron chi connectivity index (χ3n) is 20.9. The van der Waals surface area contributed by atoms with E-state index in [0.29, 0.717) is 67.1 Å². The number of likely N-dealkylation sites (tertiary alicyclic amines) is 4. The Kier molecular flexibility index (Phi) is 27.0. The molecule has 7 amide bonds. The summed E-state index contributed by atoms with van der Waals surface area (Å²) >= 11 is 0. The molecular formula is C77H124N8O11. The number of aromatic nitrogens is 1. The number of nitrogens with zero attached hydrogens (tertiary/aromatic N) is 8. The highest BCUT2D eigenvalue weighted by Gasteiger charge is 2.49. The molecular weight excluding hydrogens is 1210 g/mol. The molecule has 4 aliphatic heterocycles. The summed E-state index contributed by atoms with van der Waals surface area (Å²) in [5.41, 5.74) is 0.976. The highest BCUT2D eigenvalue weighted by Crippen LogP contribution is 2.43. The normalized spacial score (nSPS) is 26.2. The van der Waals surface area contributed by atoms with Gasteiger partial charge < -0.3 is 53.2 Å². The second kappa shape index (κ2) is 33.6. The minimum Gasteiger partial charge on any atom is -0.444 e. The first kappa shape index (κ1) is 77.2. The number of piperidine rings is 3. The molecule has 5 heterocycles. The Labute approximate surface area is 577 Å². The van der Waals surface area contributed by atoms with Gasteiger partial charge in [0.25, 0.3) is 0 Å². The van der Waals surface area contributed by atoms with Crippen molar-refractivity contribution in [3.63, 3.8) is 0 Å². The number of carbonyl (C=O) groups is 7. The molecule has 4 saturated heterocycles. The highest BCUT2D eigenvalue weighted by molar-refractivity contribution is 5.80. The van der Waals surface area contributed by atoms with Gasteiger partial charge in [0.1, 0.15) is 22.4 Å². The Morgan fingerprint density at radius 1 is 0.438 bits per heavy atom. The minimum absolute atomic E-state index is 0.0942. The Hall–Kier alpha value is -6.14. The van der Waals surface area contributed by atoms with Crippen LogP contribution in [0.4, 0.5) is 19.2 Å². The van der Waals surface area contributed by atoms with Crippen LogP contribution in [0.25, 0.3) is 0 Å². The molecule has 4 atom stereocenters. The largest absolute Gasteiger partial charge is 0.444 e. The first-order valence-electron chi connectivity index (χ1n) is 36.6. The average Bonchev–Trinajstić information content (AvgIpc) is 0.725. The van der Waals surface area contributed by atoms with Crippen LogP contribution in [0.5, 0.6) is 0 Å². The van der Waals surface area contributed by atoms with E-state index in [1.165, 1.54) is 11.1 Å². The lowest BCUT2D eigenvalue weighted by atomic mass is 9.72. The molecule has 19 heteroatoms. The predicted molar refractivity (Wildman–Crippen MR) is 376 cm³/mol. The first-order valence-corrected chi connectivity index (χ1v) is 36.6. The summed E-state index contributed by atoms with van der Waals surface area (Å²) in [5.74, 6) is 3.70. The van der Waals surface area contributed by atoms with E-state index in [2.05, 4.69) is 71.1 Å². The molecule has 4 unspecified atom stereocenters. The average molecular weight is 1340 g/mol. The summed E-state index contributed by atoms with van der Waals surface area (Å²) in [5, 5.41) is 0. The predicted octanol–water partition coefficient (Wildman–Crippen LogP) is 14.8. The van der Waals surface area contributed by atoms with Crippen molar-refractivity contribution in [1.29, 1.82) is 0 Å². The van der Waals surface area contributed by atoms with Gasteiger partial charge in [-0.05, 0) is 265 Å². The molecule has 7 fully saturated rings. The van der Waals surface area contributed by atoms with Crippen molar-refractivity contribution >= 4 is 42.1 Å². The number of carbonyl (C=O) groups excluding carboxylic acids is 7. The number of hydrogen-bond acceptors (Lipinski definition) is 12. The summed E-state index contributed by atoms with van der Waals surface area (Å²) in [6, 6.07) is 15.5. The smallest absolute Gasteiger partial charge is 0.410 e. The van der Waals surface area contributed by atoms with Gasteiger partial charge in [-0.3, -0.25) is 19.4 Å². The summed E-state index contributed by atoms with van der Waals surface area (Å²) in [7, 11) is 5.41. The van der Waals surface area contributed by atoms with E-state index in [-0.39, 0.29) is 59.5 Å². The maximum atomic E-state index is 13.2. The first-order chi connectivity index (χ1) is 44.9. The van der Waals surface area contributed by atoms with Gasteiger partial charge in [-0.15, -0.1) is 0 Å². The Balaban J connectivity index is 0.000000203. The minimum atomic E-state index is -0.490. The summed E-state index contributed by atoms with van der Waals surface area (Å²) in [4.78, 5) is 106. The van der Waals surface area contributed by atoms with Gasteiger partial charge in [-0.25, -0.2) is 19.2 Å². The zero-order valence-electron chi connectivity index (χ0n) is 62.1. The molecule has 0 N–H and O–H groups in total. The molecule has 0 radical (unpaired) electrons. The van der Waals surface area contributed by atoms with Crippen LogP contribution in [0, 0.1) is 40.9 Å². The number of amides is 7. The fourth-order valence-electron chi connectivity index (χ4n) is 15.6. The number of pyridine rings is 1. The van der Waals surface area contributed by atoms with Crippen molar-refractivity contribution in [2.45, 2.75) is 259 Å². The molecule has 538 valence electrons. The second-order valence-corrected chi connectivity index (χ2v) is 33.8. The van der Waals surface area contributed by atoms with Crippen LogP contribution in [0.1, 0.15) is 235 Å². The maximum absolute atomic E-state index is 13.2. The number of rotatable bonds is 11. The number of benzene rings is 1. The molecule has 0 bridgehead atoms. The lowest BCUT2D eigenvalue weighted by Crippen LogP contribution is -2.63. The summed E-state index contributed by atoms with van der Waals surface area (Å²) < 4.78 is 21.8. The quantitative estimate of drug-likeness (QED) is 0.194. The summed E-state index contributed by atoms with van der Waals surface area (Å²) in [6.45, 7) is 33.8. The fraction of sp³-hybridized carbons (Fsp3) is 0.766. The SMILES string of the molecule is CC1CC(c2ccccc2)CCN1C(=O)C1CCC(CN(C)C(=O)OC(C)(C)C)CC1.CC1CC(c2ccncc2)CCN1C(=O)C1CCC(CN(C)C(=O)OC(C)(C)C)CC1.CN(CC1CCC(C(=O)N2CCC3(CC2)CN(C(=O)OC(C)(C)C)C3)CC1)C(=O)OC(C)(C)C. The molecule has 1 spiro atoms. The molecule has 1 aromatic heterocycles. The van der Waals surface area contributed by atoms with E-state index in [1.54, 1.807) is 33.7 Å². The van der Waals surface area contributed by atoms with Crippen molar-refractivity contribution in [1.82, 2.24) is 39.3 Å². The van der Waals surface area contributed by atoms with Crippen LogP contribution in [-0.4, -0.2) is 196 Å². The standard InChI is InChI=1S/C26H45N3O5.C26H40N2O3.C25H39N3O3/c1-24(2,3)33-22(31)27(7)16-19-8-10-20(11-9-19)21(30)28-14-12-26(13-15-28)17-29(18-26)23(32)34-25(4,5)6;1-19-17-23(21-9-7-6-8-10-21)15-16-28(19)24(29)22-13-11-20(12-14-22)18-27(5)25(30)31-26(2,3)4;1-18-16-22(20-10-13-26-14-11-20)12-15-28(18)23(29)21-8-6-19(7-9-21)17-27(5)24(30)31-25(2,3)4/h19-20H,8-18H2,1-7H3;6-10,19-20,22-23H,11-18H2,1-5H3;10-11,13-14,18-19,21-22H,6-9,12,15-17H2,1-5H3. The van der Waals surface area contributed by atoms with E-state index in [1.807, 2.05) is 107 Å². The van der Waals surface area contributed by atoms with Crippen LogP contribution in [-0.2, 0) is 33.3 Å². The van der Waals surface area contributed by atoms with E-state index < -0.39 is 22.4 Å². The fourth-order valence-corrected chi connectivity index (χ4v) is 15.6. The van der Waals surface area contributed by atoms with Crippen LogP contribution in [0.15, 0.2) is 54.9 Å². The van der Waals surface area contributed by atoms with E-state index >= 15 is 0 Å². The highest BCUT2D eigenvalue weighted by atomic mass is 16.6. The Morgan fingerprint density at radius 2 is 0.771 bits per heavy atom. The molecule has 3 saturated carbocycles. The van der Waals surface area contributed by atoms with Gasteiger partial charge >= 0.3 is 24.4 Å². The third kappa shape index (κ3) is 23.5. The van der Waals surface area contributed by atoms with Gasteiger partial charge in [0.05, 0.1) is 0 Å². The third-order valence-corrected chi connectivity index (χ3v) is 20.9. The lowest BCUT2D eigenvalue weighted by molar-refractivity contribution is -0.142. The van der Waals surface area contributed by atoms with Crippen molar-refractivity contribution in [2.24, 2.45) is 40.9 Å². The van der Waals surface area contributed by atoms with Crippen LogP contribution >= 0.6 is 0 Å². The van der Waals surface area contributed by atoms with Crippen LogP contribution in [0.2, 0.25) is 0 Å². The van der Waals surface area contributed by atoms with Crippen molar-refractivity contribution in [3.05, 3.63) is 66.0 Å².